The largest absolute Gasteiger partial charge is 0.464 e. The zero-order valence-electron chi connectivity index (χ0n) is 17.5. The van der Waals surface area contributed by atoms with Gasteiger partial charge in [-0.15, -0.1) is 0 Å². The molecular weight excluding hydrogens is 426 g/mol. The Morgan fingerprint density at radius 2 is 1.81 bits per heavy atom. The quantitative estimate of drug-likeness (QED) is 0.547. The Kier molecular flexibility index (Phi) is 5.79. The van der Waals surface area contributed by atoms with Crippen molar-refractivity contribution >= 4 is 44.8 Å². The van der Waals surface area contributed by atoms with Crippen LogP contribution >= 0.6 is 0 Å². The molecule has 2 N–H and O–H groups in total. The number of fused-ring (bicyclic) bond motifs is 1. The second kappa shape index (κ2) is 8.18. The van der Waals surface area contributed by atoms with Crippen molar-refractivity contribution in [3.63, 3.8) is 0 Å². The molecular formula is C18H21N7O5S. The van der Waals surface area contributed by atoms with E-state index in [9.17, 15) is 18.0 Å². The van der Waals surface area contributed by atoms with E-state index >= 15 is 0 Å². The van der Waals surface area contributed by atoms with Crippen LogP contribution in [0.25, 0.3) is 10.9 Å². The second-order valence-corrected chi connectivity index (χ2v) is 8.33. The van der Waals surface area contributed by atoms with E-state index in [2.05, 4.69) is 20.3 Å². The molecule has 2 aromatic heterocycles. The van der Waals surface area contributed by atoms with Crippen molar-refractivity contribution in [1.82, 2.24) is 24.2 Å². The Labute approximate surface area is 178 Å². The molecule has 3 aromatic rings. The number of sulfonamides is 1. The van der Waals surface area contributed by atoms with Gasteiger partial charge in [0.1, 0.15) is 16.4 Å². The lowest BCUT2D eigenvalue weighted by molar-refractivity contribution is 0.0585. The van der Waals surface area contributed by atoms with Crippen LogP contribution in [0.5, 0.6) is 0 Å². The van der Waals surface area contributed by atoms with Gasteiger partial charge in [-0.3, -0.25) is 5.32 Å². The van der Waals surface area contributed by atoms with E-state index in [0.29, 0.717) is 11.3 Å². The average molecular weight is 447 g/mol. The number of esters is 1. The fraction of sp³-hybridized carbons (Fsp3) is 0.278. The predicted octanol–water partition coefficient (Wildman–Crippen LogP) is 1.03. The molecule has 2 amide bonds. The highest BCUT2D eigenvalue weighted by molar-refractivity contribution is 7.90. The van der Waals surface area contributed by atoms with Crippen LogP contribution < -0.4 is 14.9 Å². The summed E-state index contributed by atoms with van der Waals surface area (Å²) in [5.41, 5.74) is 0.266. The Bertz CT molecular complexity index is 1280. The van der Waals surface area contributed by atoms with E-state index in [0.717, 1.165) is 7.11 Å². The standard InChI is InChI=1S/C18H21N7O5S/c1-10-19-16(21-17(20-10)24(2)3)22-18(27)23-31(28,29)14-11-8-6-7-9-12(11)25(4)13(14)15(26)30-5/h6-9H,1-5H3,(H2,19,20,21,22,23,27). The number of amides is 2. The summed E-state index contributed by atoms with van der Waals surface area (Å²) in [7, 11) is 1.61. The van der Waals surface area contributed by atoms with E-state index in [-0.39, 0.29) is 27.9 Å². The zero-order chi connectivity index (χ0) is 22.9. The predicted molar refractivity (Wildman–Crippen MR) is 112 cm³/mol. The molecule has 2 heterocycles. The first kappa shape index (κ1) is 22.0. The first-order valence-corrected chi connectivity index (χ1v) is 10.4. The van der Waals surface area contributed by atoms with Gasteiger partial charge < -0.3 is 14.2 Å². The van der Waals surface area contributed by atoms with Crippen molar-refractivity contribution in [2.24, 2.45) is 7.05 Å². The molecule has 1 aromatic carbocycles. The molecule has 0 bridgehead atoms. The van der Waals surface area contributed by atoms with Gasteiger partial charge in [-0.25, -0.2) is 22.7 Å². The summed E-state index contributed by atoms with van der Waals surface area (Å²) in [6.45, 7) is 1.60. The third-order valence-electron chi connectivity index (χ3n) is 4.30. The third-order valence-corrected chi connectivity index (χ3v) is 5.70. The first-order valence-electron chi connectivity index (χ1n) is 8.94. The maximum absolute atomic E-state index is 13.1. The summed E-state index contributed by atoms with van der Waals surface area (Å²) in [4.78, 5) is 38.1. The van der Waals surface area contributed by atoms with Crippen molar-refractivity contribution < 1.29 is 22.7 Å². The number of carbonyl (C=O) groups excluding carboxylic acids is 2. The average Bonchev–Trinajstić information content (AvgIpc) is 3.00. The molecule has 0 aliphatic carbocycles. The van der Waals surface area contributed by atoms with Crippen LogP contribution in [0.2, 0.25) is 0 Å². The van der Waals surface area contributed by atoms with Gasteiger partial charge in [0.15, 0.2) is 0 Å². The number of nitrogens with one attached hydrogen (secondary N) is 2. The topological polar surface area (TPSA) is 148 Å². The third kappa shape index (κ3) is 4.26. The number of benzene rings is 1. The van der Waals surface area contributed by atoms with Gasteiger partial charge in [0.2, 0.25) is 11.9 Å². The number of hydrogen-bond donors (Lipinski definition) is 2. The van der Waals surface area contributed by atoms with Gasteiger partial charge in [0, 0.05) is 32.0 Å². The number of ether oxygens (including phenoxy) is 1. The molecule has 164 valence electrons. The SMILES string of the molecule is COC(=O)c1c(S(=O)(=O)NC(=O)Nc2nc(C)nc(N(C)C)n2)c2ccccc2n1C. The van der Waals surface area contributed by atoms with Crippen LogP contribution in [0, 0.1) is 6.92 Å². The second-order valence-electron chi connectivity index (χ2n) is 6.71. The number of para-hydroxylation sites is 1. The number of carbonyl (C=O) groups is 2. The van der Waals surface area contributed by atoms with Gasteiger partial charge in [-0.1, -0.05) is 18.2 Å². The van der Waals surface area contributed by atoms with E-state index in [1.165, 1.54) is 17.7 Å². The molecule has 0 saturated carbocycles. The number of methoxy groups -OCH3 is 1. The molecule has 0 unspecified atom stereocenters. The maximum atomic E-state index is 13.1. The monoisotopic (exact) mass is 447 g/mol. The number of hydrogen-bond acceptors (Lipinski definition) is 9. The Morgan fingerprint density at radius 3 is 2.45 bits per heavy atom. The lowest BCUT2D eigenvalue weighted by Gasteiger charge is -2.12. The summed E-state index contributed by atoms with van der Waals surface area (Å²) >= 11 is 0. The van der Waals surface area contributed by atoms with Crippen LogP contribution in [-0.2, 0) is 21.8 Å². The lowest BCUT2D eigenvalue weighted by Crippen LogP contribution is -2.36. The fourth-order valence-electron chi connectivity index (χ4n) is 2.98. The minimum atomic E-state index is -4.47. The summed E-state index contributed by atoms with van der Waals surface area (Å²) in [5.74, 6) is -0.371. The molecule has 0 saturated heterocycles. The normalized spacial score (nSPS) is 11.3. The van der Waals surface area contributed by atoms with Crippen molar-refractivity contribution in [1.29, 1.82) is 0 Å². The highest BCUT2D eigenvalue weighted by Gasteiger charge is 2.32. The fourth-order valence-corrected chi connectivity index (χ4v) is 4.31. The minimum absolute atomic E-state index is 0.130. The zero-order valence-corrected chi connectivity index (χ0v) is 18.3. The smallest absolute Gasteiger partial charge is 0.356 e. The van der Waals surface area contributed by atoms with Gasteiger partial charge in [-0.2, -0.15) is 15.0 Å². The lowest BCUT2D eigenvalue weighted by atomic mass is 10.2. The summed E-state index contributed by atoms with van der Waals surface area (Å²) in [6, 6.07) is 5.41. The number of aryl methyl sites for hydroxylation is 2. The molecule has 0 spiro atoms. The number of rotatable bonds is 5. The van der Waals surface area contributed by atoms with Gasteiger partial charge in [-0.05, 0) is 13.0 Å². The number of urea groups is 1. The maximum Gasteiger partial charge on any atom is 0.356 e. The van der Waals surface area contributed by atoms with Crippen molar-refractivity contribution in [3.8, 4) is 0 Å². The van der Waals surface area contributed by atoms with Crippen molar-refractivity contribution in [3.05, 3.63) is 35.8 Å². The number of anilines is 2. The molecule has 0 atom stereocenters. The Hall–Kier alpha value is -3.74. The van der Waals surface area contributed by atoms with Gasteiger partial charge >= 0.3 is 12.0 Å². The highest BCUT2D eigenvalue weighted by atomic mass is 32.2. The molecule has 0 aliphatic rings. The number of aromatic nitrogens is 4. The minimum Gasteiger partial charge on any atom is -0.464 e. The van der Waals surface area contributed by atoms with Gasteiger partial charge in [0.05, 0.1) is 7.11 Å². The van der Waals surface area contributed by atoms with Crippen LogP contribution in [0.3, 0.4) is 0 Å². The van der Waals surface area contributed by atoms with Gasteiger partial charge in [0.25, 0.3) is 10.0 Å². The number of nitrogens with zero attached hydrogens (tertiary/aromatic N) is 5. The van der Waals surface area contributed by atoms with Crippen LogP contribution in [0.4, 0.5) is 16.7 Å². The molecule has 0 fully saturated rings. The first-order chi connectivity index (χ1) is 14.5. The molecule has 0 radical (unpaired) electrons. The van der Waals surface area contributed by atoms with E-state index in [1.54, 1.807) is 44.1 Å². The Morgan fingerprint density at radius 1 is 1.13 bits per heavy atom. The molecule has 0 aliphatic heterocycles. The van der Waals surface area contributed by atoms with E-state index in [1.807, 2.05) is 4.72 Å². The molecule has 13 heteroatoms. The van der Waals surface area contributed by atoms with E-state index < -0.39 is 22.0 Å². The summed E-state index contributed by atoms with van der Waals surface area (Å²) in [6.07, 6.45) is 0. The molecule has 3 rings (SSSR count). The Balaban J connectivity index is 1.99. The summed E-state index contributed by atoms with van der Waals surface area (Å²) in [5, 5.41) is 2.54. The van der Waals surface area contributed by atoms with Crippen LogP contribution in [0.15, 0.2) is 29.2 Å². The van der Waals surface area contributed by atoms with Crippen LogP contribution in [-0.4, -0.2) is 61.1 Å². The molecule has 31 heavy (non-hydrogen) atoms. The molecule has 12 nitrogen and oxygen atoms in total. The summed E-state index contributed by atoms with van der Waals surface area (Å²) < 4.78 is 34.2. The van der Waals surface area contributed by atoms with Crippen molar-refractivity contribution in [2.45, 2.75) is 11.8 Å². The van der Waals surface area contributed by atoms with Crippen molar-refractivity contribution in [2.75, 3.05) is 31.4 Å². The van der Waals surface area contributed by atoms with Crippen LogP contribution in [0.1, 0.15) is 16.3 Å². The highest BCUT2D eigenvalue weighted by Crippen LogP contribution is 2.30. The van der Waals surface area contributed by atoms with E-state index in [4.69, 9.17) is 4.74 Å².